The van der Waals surface area contributed by atoms with Crippen LogP contribution in [0.5, 0.6) is 11.5 Å². The SMILES string of the molecule is CC(c1ccc(-c2ccc(F)c(O)c2)cc1Cl)C(O)(c1cc(F)c2c(c1)N(C)C=CO2)C(F)(F)F. The summed E-state index contributed by atoms with van der Waals surface area (Å²) in [4.78, 5) is 1.37. The number of alkyl halides is 3. The van der Waals surface area contributed by atoms with Gasteiger partial charge in [-0.1, -0.05) is 36.7 Å². The number of phenolic OH excluding ortho intramolecular Hbond substituents is 1. The molecule has 0 spiro atoms. The first-order valence-electron chi connectivity index (χ1n) is 10.3. The average molecular weight is 512 g/mol. The second-order valence-corrected chi connectivity index (χ2v) is 8.62. The highest BCUT2D eigenvalue weighted by atomic mass is 35.5. The Hall–Kier alpha value is -3.30. The molecule has 0 bridgehead atoms. The summed E-state index contributed by atoms with van der Waals surface area (Å²) in [5, 5.41) is 20.6. The topological polar surface area (TPSA) is 52.9 Å². The fraction of sp³-hybridized carbons (Fsp3) is 0.200. The second-order valence-electron chi connectivity index (χ2n) is 8.21. The molecule has 2 unspecified atom stereocenters. The van der Waals surface area contributed by atoms with Crippen molar-refractivity contribution in [2.75, 3.05) is 11.9 Å². The molecule has 0 saturated carbocycles. The summed E-state index contributed by atoms with van der Waals surface area (Å²) in [6.07, 6.45) is -2.63. The molecule has 10 heteroatoms. The zero-order chi connectivity index (χ0) is 25.7. The minimum atomic E-state index is -5.21. The number of aromatic hydroxyl groups is 1. The van der Waals surface area contributed by atoms with Crippen LogP contribution in [0.4, 0.5) is 27.6 Å². The van der Waals surface area contributed by atoms with E-state index in [9.17, 15) is 32.2 Å². The normalized spacial score (nSPS) is 15.9. The Kier molecular flexibility index (Phi) is 6.19. The van der Waals surface area contributed by atoms with Gasteiger partial charge in [0.1, 0.15) is 6.26 Å². The van der Waals surface area contributed by atoms with Gasteiger partial charge in [-0.15, -0.1) is 0 Å². The largest absolute Gasteiger partial charge is 0.505 e. The van der Waals surface area contributed by atoms with Crippen molar-refractivity contribution in [1.29, 1.82) is 0 Å². The Morgan fingerprint density at radius 1 is 0.971 bits per heavy atom. The highest BCUT2D eigenvalue weighted by Gasteiger charge is 2.59. The van der Waals surface area contributed by atoms with Crippen LogP contribution in [-0.2, 0) is 5.60 Å². The molecule has 0 radical (unpaired) electrons. The maximum Gasteiger partial charge on any atom is 0.422 e. The lowest BCUT2D eigenvalue weighted by atomic mass is 9.77. The van der Waals surface area contributed by atoms with Gasteiger partial charge in [0, 0.05) is 24.2 Å². The van der Waals surface area contributed by atoms with E-state index in [2.05, 4.69) is 0 Å². The van der Waals surface area contributed by atoms with E-state index in [0.717, 1.165) is 25.1 Å². The molecule has 3 aromatic rings. The van der Waals surface area contributed by atoms with Crippen molar-refractivity contribution in [3.8, 4) is 22.6 Å². The van der Waals surface area contributed by atoms with Gasteiger partial charge in [-0.25, -0.2) is 8.78 Å². The lowest BCUT2D eigenvalue weighted by Crippen LogP contribution is -2.46. The van der Waals surface area contributed by atoms with E-state index in [1.807, 2.05) is 0 Å². The van der Waals surface area contributed by atoms with Crippen molar-refractivity contribution in [2.45, 2.75) is 24.6 Å². The standard InChI is InChI=1S/C25H19ClF5NO3/c1-13(17-5-3-14(9-18(17)26)15-4-6-19(27)22(33)10-15)24(34,25(29,30)31)16-11-20(28)23-21(12-16)32(2)7-8-35-23/h3-13,33-34H,1-2H3. The molecule has 0 amide bonds. The minimum absolute atomic E-state index is 0.00920. The number of rotatable bonds is 4. The number of nitrogens with zero attached hydrogens (tertiary/aromatic N) is 1. The van der Waals surface area contributed by atoms with Crippen LogP contribution in [0.2, 0.25) is 5.02 Å². The van der Waals surface area contributed by atoms with Crippen molar-refractivity contribution >= 4 is 17.3 Å². The molecule has 1 heterocycles. The number of hydrogen-bond donors (Lipinski definition) is 2. The van der Waals surface area contributed by atoms with Crippen LogP contribution < -0.4 is 9.64 Å². The van der Waals surface area contributed by atoms with Crippen LogP contribution in [0, 0.1) is 11.6 Å². The van der Waals surface area contributed by atoms with E-state index in [-0.39, 0.29) is 22.0 Å². The molecule has 1 aliphatic heterocycles. The average Bonchev–Trinajstić information content (AvgIpc) is 2.79. The molecule has 4 nitrogen and oxygen atoms in total. The predicted molar refractivity (Wildman–Crippen MR) is 121 cm³/mol. The highest BCUT2D eigenvalue weighted by Crippen LogP contribution is 2.52. The van der Waals surface area contributed by atoms with Gasteiger partial charge in [-0.05, 0) is 52.6 Å². The lowest BCUT2D eigenvalue weighted by molar-refractivity contribution is -0.274. The zero-order valence-electron chi connectivity index (χ0n) is 18.4. The Balaban J connectivity index is 1.81. The summed E-state index contributed by atoms with van der Waals surface area (Å²) in [6.45, 7) is 1.13. The highest BCUT2D eigenvalue weighted by molar-refractivity contribution is 6.31. The number of hydrogen-bond acceptors (Lipinski definition) is 4. The van der Waals surface area contributed by atoms with E-state index in [1.54, 1.807) is 0 Å². The molecule has 0 aromatic heterocycles. The number of halogens is 6. The Labute approximate surface area is 202 Å². The van der Waals surface area contributed by atoms with Gasteiger partial charge in [-0.2, -0.15) is 13.2 Å². The molecule has 2 atom stereocenters. The maximum atomic E-state index is 14.7. The summed E-state index contributed by atoms with van der Waals surface area (Å²) < 4.78 is 76.4. The molecule has 35 heavy (non-hydrogen) atoms. The maximum absolute atomic E-state index is 14.7. The van der Waals surface area contributed by atoms with Crippen molar-refractivity contribution in [3.63, 3.8) is 0 Å². The van der Waals surface area contributed by atoms with E-state index in [4.69, 9.17) is 16.3 Å². The predicted octanol–water partition coefficient (Wildman–Crippen LogP) is 6.84. The molecule has 184 valence electrons. The number of aliphatic hydroxyl groups is 1. The van der Waals surface area contributed by atoms with Gasteiger partial charge in [0.15, 0.2) is 28.7 Å². The summed E-state index contributed by atoms with van der Waals surface area (Å²) in [5.74, 6) is -4.42. The smallest absolute Gasteiger partial charge is 0.422 e. The van der Waals surface area contributed by atoms with Crippen LogP contribution in [0.15, 0.2) is 61.0 Å². The molecule has 0 aliphatic carbocycles. The number of ether oxygens (including phenoxy) is 1. The summed E-state index contributed by atoms with van der Waals surface area (Å²) in [6, 6.07) is 9.26. The zero-order valence-corrected chi connectivity index (χ0v) is 19.1. The third kappa shape index (κ3) is 4.19. The molecule has 1 aliphatic rings. The first-order chi connectivity index (χ1) is 16.3. The number of benzene rings is 3. The fourth-order valence-electron chi connectivity index (χ4n) is 4.08. The van der Waals surface area contributed by atoms with Gasteiger partial charge < -0.3 is 19.8 Å². The fourth-order valence-corrected chi connectivity index (χ4v) is 4.43. The number of anilines is 1. The van der Waals surface area contributed by atoms with Gasteiger partial charge >= 0.3 is 6.18 Å². The quantitative estimate of drug-likeness (QED) is 0.376. The number of fused-ring (bicyclic) bond motifs is 1. The third-order valence-electron chi connectivity index (χ3n) is 6.12. The van der Waals surface area contributed by atoms with Crippen LogP contribution in [0.1, 0.15) is 24.0 Å². The van der Waals surface area contributed by atoms with Gasteiger partial charge in [-0.3, -0.25) is 0 Å². The van der Waals surface area contributed by atoms with Crippen molar-refractivity contribution in [1.82, 2.24) is 0 Å². The van der Waals surface area contributed by atoms with Crippen LogP contribution in [0.3, 0.4) is 0 Å². The van der Waals surface area contributed by atoms with Gasteiger partial charge in [0.25, 0.3) is 0 Å². The summed E-state index contributed by atoms with van der Waals surface area (Å²) in [7, 11) is 1.50. The molecule has 3 aromatic carbocycles. The molecular formula is C25H19ClF5NO3. The van der Waals surface area contributed by atoms with Crippen molar-refractivity contribution < 1.29 is 36.9 Å². The first-order valence-corrected chi connectivity index (χ1v) is 10.7. The molecular weight excluding hydrogens is 493 g/mol. The first kappa shape index (κ1) is 24.8. The van der Waals surface area contributed by atoms with Gasteiger partial charge in [0.05, 0.1) is 5.69 Å². The molecule has 0 saturated heterocycles. The Bertz CT molecular complexity index is 1330. The van der Waals surface area contributed by atoms with E-state index in [0.29, 0.717) is 17.2 Å². The third-order valence-corrected chi connectivity index (χ3v) is 6.45. The van der Waals surface area contributed by atoms with Crippen LogP contribution in [0.25, 0.3) is 11.1 Å². The Morgan fingerprint density at radius 2 is 1.63 bits per heavy atom. The van der Waals surface area contributed by atoms with Crippen molar-refractivity contribution in [2.24, 2.45) is 0 Å². The summed E-state index contributed by atoms with van der Waals surface area (Å²) >= 11 is 6.33. The van der Waals surface area contributed by atoms with Crippen LogP contribution >= 0.6 is 11.6 Å². The molecule has 0 fully saturated rings. The van der Waals surface area contributed by atoms with Crippen molar-refractivity contribution in [3.05, 3.63) is 88.8 Å². The van der Waals surface area contributed by atoms with Crippen LogP contribution in [-0.4, -0.2) is 23.4 Å². The second kappa shape index (κ2) is 8.73. The van der Waals surface area contributed by atoms with E-state index >= 15 is 0 Å². The lowest BCUT2D eigenvalue weighted by Gasteiger charge is -2.38. The Morgan fingerprint density at radius 3 is 2.26 bits per heavy atom. The molecule has 2 N–H and O–H groups in total. The van der Waals surface area contributed by atoms with E-state index in [1.165, 1.54) is 48.7 Å². The monoisotopic (exact) mass is 511 g/mol. The summed E-state index contributed by atoms with van der Waals surface area (Å²) in [5.41, 5.74) is -3.49. The van der Waals surface area contributed by atoms with Gasteiger partial charge in [0.2, 0.25) is 0 Å². The molecule has 4 rings (SSSR count). The van der Waals surface area contributed by atoms with E-state index < -0.39 is 40.6 Å². The minimum Gasteiger partial charge on any atom is -0.505 e. The number of phenols is 1.